The molecular formula is C12H11ClO2. The van der Waals surface area contributed by atoms with E-state index in [-0.39, 0.29) is 6.10 Å². The van der Waals surface area contributed by atoms with Crippen LogP contribution in [0.15, 0.2) is 24.3 Å². The summed E-state index contributed by atoms with van der Waals surface area (Å²) in [6.07, 6.45) is -0.142. The van der Waals surface area contributed by atoms with Crippen molar-refractivity contribution in [1.29, 1.82) is 0 Å². The summed E-state index contributed by atoms with van der Waals surface area (Å²) < 4.78 is 4.86. The van der Waals surface area contributed by atoms with Crippen molar-refractivity contribution in [2.24, 2.45) is 0 Å². The molecular weight excluding hydrogens is 212 g/mol. The molecule has 0 N–H and O–H groups in total. The zero-order valence-electron chi connectivity index (χ0n) is 8.58. The highest BCUT2D eigenvalue weighted by Gasteiger charge is 1.99. The molecule has 15 heavy (non-hydrogen) atoms. The number of hydrogen-bond donors (Lipinski definition) is 0. The van der Waals surface area contributed by atoms with E-state index >= 15 is 0 Å². The van der Waals surface area contributed by atoms with Crippen LogP contribution in [-0.4, -0.2) is 12.1 Å². The first kappa shape index (κ1) is 11.6. The third-order valence-corrected chi connectivity index (χ3v) is 1.75. The summed E-state index contributed by atoms with van der Waals surface area (Å²) in [5, 5.41) is 0.644. The maximum atomic E-state index is 11.1. The lowest BCUT2D eigenvalue weighted by atomic mass is 10.2. The van der Waals surface area contributed by atoms with Crippen LogP contribution in [-0.2, 0) is 9.53 Å². The van der Waals surface area contributed by atoms with Crippen molar-refractivity contribution < 1.29 is 9.53 Å². The van der Waals surface area contributed by atoms with Crippen LogP contribution < -0.4 is 0 Å². The minimum Gasteiger partial charge on any atom is -0.453 e. The van der Waals surface area contributed by atoms with E-state index in [0.29, 0.717) is 5.02 Å². The predicted octanol–water partition coefficient (Wildman–Crippen LogP) is 2.64. The fourth-order valence-electron chi connectivity index (χ4n) is 0.900. The second-order valence-corrected chi connectivity index (χ2v) is 3.65. The smallest absolute Gasteiger partial charge is 0.384 e. The third kappa shape index (κ3) is 4.53. The first-order chi connectivity index (χ1) is 7.08. The maximum absolute atomic E-state index is 11.1. The van der Waals surface area contributed by atoms with Gasteiger partial charge in [-0.2, -0.15) is 0 Å². The largest absolute Gasteiger partial charge is 0.453 e. The van der Waals surface area contributed by atoms with Crippen LogP contribution in [0.4, 0.5) is 0 Å². The summed E-state index contributed by atoms with van der Waals surface area (Å²) in [6.45, 7) is 3.56. The quantitative estimate of drug-likeness (QED) is 0.540. The molecule has 0 amide bonds. The number of ether oxygens (including phenoxy) is 1. The Kier molecular flexibility index (Phi) is 4.20. The second-order valence-electron chi connectivity index (χ2n) is 3.21. The van der Waals surface area contributed by atoms with Gasteiger partial charge in [-0.25, -0.2) is 4.79 Å². The molecule has 0 heterocycles. The van der Waals surface area contributed by atoms with E-state index in [1.807, 2.05) is 0 Å². The van der Waals surface area contributed by atoms with E-state index in [1.165, 1.54) is 0 Å². The molecule has 0 fully saturated rings. The molecule has 1 aromatic carbocycles. The molecule has 0 aliphatic rings. The Bertz CT molecular complexity index is 396. The topological polar surface area (TPSA) is 26.3 Å². The molecule has 78 valence electrons. The van der Waals surface area contributed by atoms with Crippen LogP contribution in [0.1, 0.15) is 19.4 Å². The van der Waals surface area contributed by atoms with Crippen LogP contribution >= 0.6 is 11.6 Å². The molecule has 0 aliphatic heterocycles. The van der Waals surface area contributed by atoms with E-state index < -0.39 is 5.97 Å². The second kappa shape index (κ2) is 5.43. The van der Waals surface area contributed by atoms with Crippen molar-refractivity contribution in [3.63, 3.8) is 0 Å². The number of carbonyl (C=O) groups excluding carboxylic acids is 1. The molecule has 0 aliphatic carbocycles. The monoisotopic (exact) mass is 222 g/mol. The Labute approximate surface area is 94.2 Å². The maximum Gasteiger partial charge on any atom is 0.384 e. The van der Waals surface area contributed by atoms with Gasteiger partial charge < -0.3 is 4.74 Å². The standard InChI is InChI=1S/C12H11ClO2/c1-9(2)15-12(14)8-5-10-3-6-11(13)7-4-10/h3-4,6-7,9H,1-2H3. The molecule has 0 aromatic heterocycles. The van der Waals surface area contributed by atoms with Gasteiger partial charge in [-0.3, -0.25) is 0 Å². The van der Waals surface area contributed by atoms with Crippen molar-refractivity contribution in [2.45, 2.75) is 20.0 Å². The van der Waals surface area contributed by atoms with E-state index in [4.69, 9.17) is 16.3 Å². The van der Waals surface area contributed by atoms with Crippen molar-refractivity contribution >= 4 is 17.6 Å². The molecule has 0 atom stereocenters. The lowest BCUT2D eigenvalue weighted by Crippen LogP contribution is -2.08. The van der Waals surface area contributed by atoms with Gasteiger partial charge in [0.25, 0.3) is 0 Å². The van der Waals surface area contributed by atoms with Gasteiger partial charge in [0, 0.05) is 16.5 Å². The highest BCUT2D eigenvalue weighted by atomic mass is 35.5. The average molecular weight is 223 g/mol. The zero-order valence-corrected chi connectivity index (χ0v) is 9.34. The van der Waals surface area contributed by atoms with Crippen molar-refractivity contribution in [3.8, 4) is 11.8 Å². The number of hydrogen-bond acceptors (Lipinski definition) is 2. The van der Waals surface area contributed by atoms with E-state index in [2.05, 4.69) is 11.8 Å². The third-order valence-electron chi connectivity index (χ3n) is 1.50. The molecule has 1 rings (SSSR count). The van der Waals surface area contributed by atoms with Crippen molar-refractivity contribution in [1.82, 2.24) is 0 Å². The van der Waals surface area contributed by atoms with Gasteiger partial charge in [0.15, 0.2) is 0 Å². The van der Waals surface area contributed by atoms with Crippen LogP contribution in [0, 0.1) is 11.8 Å². The minimum absolute atomic E-state index is 0.142. The predicted molar refractivity (Wildman–Crippen MR) is 59.6 cm³/mol. The van der Waals surface area contributed by atoms with Crippen LogP contribution in [0.5, 0.6) is 0 Å². The van der Waals surface area contributed by atoms with E-state index in [9.17, 15) is 4.79 Å². The average Bonchev–Trinajstić information content (AvgIpc) is 2.16. The number of benzene rings is 1. The molecule has 0 unspecified atom stereocenters. The minimum atomic E-state index is -0.514. The SMILES string of the molecule is CC(C)OC(=O)C#Cc1ccc(Cl)cc1. The fraction of sp³-hybridized carbons (Fsp3) is 0.250. The number of halogens is 1. The number of rotatable bonds is 1. The summed E-state index contributed by atoms with van der Waals surface area (Å²) in [5.74, 6) is 4.58. The summed E-state index contributed by atoms with van der Waals surface area (Å²) in [7, 11) is 0. The Morgan fingerprint density at radius 1 is 1.33 bits per heavy atom. The Hall–Kier alpha value is -1.46. The van der Waals surface area contributed by atoms with Crippen molar-refractivity contribution in [3.05, 3.63) is 34.9 Å². The van der Waals surface area contributed by atoms with E-state index in [1.54, 1.807) is 38.1 Å². The summed E-state index contributed by atoms with van der Waals surface area (Å²) in [5.41, 5.74) is 0.736. The van der Waals surface area contributed by atoms with Gasteiger partial charge in [0.1, 0.15) is 0 Å². The Balaban J connectivity index is 2.65. The Morgan fingerprint density at radius 2 is 1.93 bits per heavy atom. The number of carbonyl (C=O) groups is 1. The molecule has 0 radical (unpaired) electrons. The molecule has 0 bridgehead atoms. The number of esters is 1. The first-order valence-corrected chi connectivity index (χ1v) is 4.94. The summed E-state index contributed by atoms with van der Waals surface area (Å²) >= 11 is 5.70. The fourth-order valence-corrected chi connectivity index (χ4v) is 1.03. The van der Waals surface area contributed by atoms with E-state index in [0.717, 1.165) is 5.56 Å². The van der Waals surface area contributed by atoms with Crippen LogP contribution in [0.25, 0.3) is 0 Å². The van der Waals surface area contributed by atoms with Crippen LogP contribution in [0.3, 0.4) is 0 Å². The molecule has 0 saturated carbocycles. The zero-order chi connectivity index (χ0) is 11.3. The van der Waals surface area contributed by atoms with Gasteiger partial charge in [-0.1, -0.05) is 17.5 Å². The molecule has 0 spiro atoms. The van der Waals surface area contributed by atoms with Gasteiger partial charge in [-0.15, -0.1) is 0 Å². The molecule has 2 nitrogen and oxygen atoms in total. The van der Waals surface area contributed by atoms with Gasteiger partial charge in [-0.05, 0) is 38.1 Å². The lowest BCUT2D eigenvalue weighted by molar-refractivity contribution is -0.140. The molecule has 1 aromatic rings. The normalized spacial score (nSPS) is 9.33. The lowest BCUT2D eigenvalue weighted by Gasteiger charge is -2.01. The highest BCUT2D eigenvalue weighted by molar-refractivity contribution is 6.30. The Morgan fingerprint density at radius 3 is 2.47 bits per heavy atom. The van der Waals surface area contributed by atoms with Gasteiger partial charge in [0.2, 0.25) is 0 Å². The first-order valence-electron chi connectivity index (χ1n) is 4.56. The summed E-state index contributed by atoms with van der Waals surface area (Å²) in [4.78, 5) is 11.1. The molecule has 0 saturated heterocycles. The van der Waals surface area contributed by atoms with Crippen LogP contribution in [0.2, 0.25) is 5.02 Å². The summed E-state index contributed by atoms with van der Waals surface area (Å²) in [6, 6.07) is 6.94. The van der Waals surface area contributed by atoms with Gasteiger partial charge >= 0.3 is 5.97 Å². The van der Waals surface area contributed by atoms with Crippen molar-refractivity contribution in [2.75, 3.05) is 0 Å². The highest BCUT2D eigenvalue weighted by Crippen LogP contribution is 2.08. The van der Waals surface area contributed by atoms with Gasteiger partial charge in [0.05, 0.1) is 6.10 Å². The molecule has 3 heteroatoms.